The standard InChI is InChI=1S/C16H30N2/c1-16(2,17)10-18(3)9-15-13-5-11-4-12(7-13)8-14(15)6-11/h11-15H,4-10,17H2,1-3H3. The van der Waals surface area contributed by atoms with Gasteiger partial charge in [-0.25, -0.2) is 0 Å². The monoisotopic (exact) mass is 250 g/mol. The molecule has 104 valence electrons. The van der Waals surface area contributed by atoms with Crippen LogP contribution in [0.15, 0.2) is 0 Å². The fraction of sp³-hybridized carbons (Fsp3) is 1.00. The van der Waals surface area contributed by atoms with Gasteiger partial charge >= 0.3 is 0 Å². The van der Waals surface area contributed by atoms with Gasteiger partial charge in [0.25, 0.3) is 0 Å². The number of hydrogen-bond donors (Lipinski definition) is 1. The minimum absolute atomic E-state index is 0.0549. The molecule has 0 heterocycles. The van der Waals surface area contributed by atoms with Crippen LogP contribution in [0.5, 0.6) is 0 Å². The molecule has 0 saturated heterocycles. The summed E-state index contributed by atoms with van der Waals surface area (Å²) in [5, 5.41) is 0. The van der Waals surface area contributed by atoms with Crippen molar-refractivity contribution < 1.29 is 0 Å². The van der Waals surface area contributed by atoms with Crippen molar-refractivity contribution >= 4 is 0 Å². The molecule has 4 aliphatic carbocycles. The molecule has 0 aromatic rings. The third-order valence-electron chi connectivity index (χ3n) is 5.62. The lowest BCUT2D eigenvalue weighted by molar-refractivity contribution is -0.0477. The highest BCUT2D eigenvalue weighted by Gasteiger charge is 2.48. The molecule has 2 heteroatoms. The van der Waals surface area contributed by atoms with Gasteiger partial charge in [0, 0.05) is 18.6 Å². The van der Waals surface area contributed by atoms with Crippen LogP contribution in [0.3, 0.4) is 0 Å². The predicted molar refractivity (Wildman–Crippen MR) is 76.3 cm³/mol. The van der Waals surface area contributed by atoms with E-state index in [2.05, 4.69) is 25.8 Å². The molecule has 18 heavy (non-hydrogen) atoms. The predicted octanol–water partition coefficient (Wildman–Crippen LogP) is 2.73. The van der Waals surface area contributed by atoms with Crippen molar-refractivity contribution in [2.45, 2.75) is 51.5 Å². The molecule has 4 rings (SSSR count). The Morgan fingerprint density at radius 2 is 1.50 bits per heavy atom. The van der Waals surface area contributed by atoms with Gasteiger partial charge in [-0.05, 0) is 82.6 Å². The molecular formula is C16H30N2. The number of nitrogens with zero attached hydrogens (tertiary/aromatic N) is 1. The van der Waals surface area contributed by atoms with Gasteiger partial charge in [0.15, 0.2) is 0 Å². The van der Waals surface area contributed by atoms with Crippen LogP contribution in [0, 0.1) is 29.6 Å². The molecule has 4 saturated carbocycles. The van der Waals surface area contributed by atoms with E-state index in [0.717, 1.165) is 36.1 Å². The first kappa shape index (κ1) is 12.9. The van der Waals surface area contributed by atoms with Gasteiger partial charge in [0.05, 0.1) is 0 Å². The van der Waals surface area contributed by atoms with Gasteiger partial charge in [-0.3, -0.25) is 0 Å². The Labute approximate surface area is 112 Å². The zero-order chi connectivity index (χ0) is 12.9. The van der Waals surface area contributed by atoms with Crippen molar-refractivity contribution in [1.82, 2.24) is 4.90 Å². The molecule has 0 aromatic carbocycles. The normalized spacial score (nSPS) is 42.8. The highest BCUT2D eigenvalue weighted by molar-refractivity contribution is 4.98. The van der Waals surface area contributed by atoms with E-state index < -0.39 is 0 Å². The van der Waals surface area contributed by atoms with Gasteiger partial charge in [-0.15, -0.1) is 0 Å². The average molecular weight is 250 g/mol. The van der Waals surface area contributed by atoms with Crippen LogP contribution in [0.2, 0.25) is 0 Å². The van der Waals surface area contributed by atoms with Crippen molar-refractivity contribution in [2.24, 2.45) is 35.3 Å². The average Bonchev–Trinajstić information content (AvgIpc) is 2.19. The van der Waals surface area contributed by atoms with E-state index in [4.69, 9.17) is 5.73 Å². The lowest BCUT2D eigenvalue weighted by Crippen LogP contribution is -2.51. The van der Waals surface area contributed by atoms with Crippen molar-refractivity contribution in [2.75, 3.05) is 20.1 Å². The Hall–Kier alpha value is -0.0800. The van der Waals surface area contributed by atoms with E-state index in [-0.39, 0.29) is 5.54 Å². The maximum Gasteiger partial charge on any atom is 0.0225 e. The summed E-state index contributed by atoms with van der Waals surface area (Å²) in [7, 11) is 2.26. The molecule has 0 aliphatic heterocycles. The molecule has 4 bridgehead atoms. The van der Waals surface area contributed by atoms with E-state index in [1.807, 2.05) is 0 Å². The molecular weight excluding hydrogens is 220 g/mol. The van der Waals surface area contributed by atoms with Crippen LogP contribution >= 0.6 is 0 Å². The molecule has 0 atom stereocenters. The lowest BCUT2D eigenvalue weighted by atomic mass is 9.52. The lowest BCUT2D eigenvalue weighted by Gasteiger charge is -2.55. The minimum atomic E-state index is -0.0549. The second-order valence-electron chi connectivity index (χ2n) is 8.28. The summed E-state index contributed by atoms with van der Waals surface area (Å²) in [4.78, 5) is 2.49. The Balaban J connectivity index is 1.60. The number of nitrogens with two attached hydrogens (primary N) is 1. The Morgan fingerprint density at radius 3 is 1.94 bits per heavy atom. The van der Waals surface area contributed by atoms with Crippen molar-refractivity contribution in [3.63, 3.8) is 0 Å². The molecule has 0 spiro atoms. The highest BCUT2D eigenvalue weighted by Crippen LogP contribution is 2.56. The number of rotatable bonds is 4. The van der Waals surface area contributed by atoms with Crippen LogP contribution in [-0.2, 0) is 0 Å². The first-order valence-corrected chi connectivity index (χ1v) is 7.88. The Morgan fingerprint density at radius 1 is 1.00 bits per heavy atom. The molecule has 0 radical (unpaired) electrons. The Kier molecular flexibility index (Phi) is 3.22. The van der Waals surface area contributed by atoms with Gasteiger partial charge in [0.2, 0.25) is 0 Å². The third kappa shape index (κ3) is 2.60. The molecule has 0 amide bonds. The quantitative estimate of drug-likeness (QED) is 0.831. The molecule has 4 aliphatic rings. The van der Waals surface area contributed by atoms with E-state index in [1.165, 1.54) is 32.2 Å². The van der Waals surface area contributed by atoms with Crippen LogP contribution in [0.4, 0.5) is 0 Å². The maximum atomic E-state index is 6.14. The molecule has 0 aromatic heterocycles. The topological polar surface area (TPSA) is 29.3 Å². The summed E-state index contributed by atoms with van der Waals surface area (Å²) in [5.41, 5.74) is 6.09. The molecule has 2 N–H and O–H groups in total. The summed E-state index contributed by atoms with van der Waals surface area (Å²) in [5.74, 6) is 5.26. The van der Waals surface area contributed by atoms with E-state index in [9.17, 15) is 0 Å². The summed E-state index contributed by atoms with van der Waals surface area (Å²) >= 11 is 0. The van der Waals surface area contributed by atoms with Gasteiger partial charge in [-0.1, -0.05) is 0 Å². The molecule has 2 nitrogen and oxygen atoms in total. The third-order valence-corrected chi connectivity index (χ3v) is 5.62. The summed E-state index contributed by atoms with van der Waals surface area (Å²) in [6.45, 7) is 6.59. The summed E-state index contributed by atoms with van der Waals surface area (Å²) < 4.78 is 0. The fourth-order valence-electron chi connectivity index (χ4n) is 5.46. The van der Waals surface area contributed by atoms with Crippen LogP contribution in [0.25, 0.3) is 0 Å². The van der Waals surface area contributed by atoms with Crippen LogP contribution in [-0.4, -0.2) is 30.6 Å². The first-order valence-electron chi connectivity index (χ1n) is 7.88. The van der Waals surface area contributed by atoms with E-state index in [0.29, 0.717) is 0 Å². The fourth-order valence-corrected chi connectivity index (χ4v) is 5.46. The zero-order valence-corrected chi connectivity index (χ0v) is 12.4. The number of likely N-dealkylation sites (N-methyl/N-ethyl adjacent to an activating group) is 1. The molecule has 4 fully saturated rings. The van der Waals surface area contributed by atoms with Crippen LogP contribution in [0.1, 0.15) is 46.0 Å². The Bertz CT molecular complexity index is 277. The van der Waals surface area contributed by atoms with E-state index in [1.54, 1.807) is 6.42 Å². The van der Waals surface area contributed by atoms with Crippen molar-refractivity contribution in [1.29, 1.82) is 0 Å². The highest BCUT2D eigenvalue weighted by atomic mass is 15.1. The van der Waals surface area contributed by atoms with E-state index >= 15 is 0 Å². The maximum absolute atomic E-state index is 6.14. The van der Waals surface area contributed by atoms with Gasteiger partial charge in [0.1, 0.15) is 0 Å². The van der Waals surface area contributed by atoms with Gasteiger partial charge < -0.3 is 10.6 Å². The summed E-state index contributed by atoms with van der Waals surface area (Å²) in [6.07, 6.45) is 7.72. The first-order chi connectivity index (χ1) is 8.40. The molecule has 0 unspecified atom stereocenters. The van der Waals surface area contributed by atoms with Crippen molar-refractivity contribution in [3.8, 4) is 0 Å². The van der Waals surface area contributed by atoms with Crippen molar-refractivity contribution in [3.05, 3.63) is 0 Å². The second-order valence-corrected chi connectivity index (χ2v) is 8.28. The largest absolute Gasteiger partial charge is 0.324 e. The smallest absolute Gasteiger partial charge is 0.0225 e. The second kappa shape index (κ2) is 4.49. The van der Waals surface area contributed by atoms with Gasteiger partial charge in [-0.2, -0.15) is 0 Å². The zero-order valence-electron chi connectivity index (χ0n) is 12.4. The SMILES string of the molecule is CN(CC1C2CC3CC(C2)CC1C3)CC(C)(C)N. The minimum Gasteiger partial charge on any atom is -0.324 e. The van der Waals surface area contributed by atoms with Crippen LogP contribution < -0.4 is 5.73 Å². The number of hydrogen-bond acceptors (Lipinski definition) is 2. The summed E-state index contributed by atoms with van der Waals surface area (Å²) in [6, 6.07) is 0.